The van der Waals surface area contributed by atoms with Crippen LogP contribution in [0, 0.1) is 0 Å². The summed E-state index contributed by atoms with van der Waals surface area (Å²) < 4.78 is 26.7. The summed E-state index contributed by atoms with van der Waals surface area (Å²) >= 11 is -2.10. The van der Waals surface area contributed by atoms with Gasteiger partial charge in [0.05, 0.1) is 7.11 Å². The summed E-state index contributed by atoms with van der Waals surface area (Å²) in [7, 11) is 1.60. The summed E-state index contributed by atoms with van der Waals surface area (Å²) in [5.41, 5.74) is 2.12. The van der Waals surface area contributed by atoms with E-state index in [1.165, 1.54) is 5.56 Å². The van der Waals surface area contributed by atoms with Crippen LogP contribution in [0.15, 0.2) is 23.1 Å². The van der Waals surface area contributed by atoms with Crippen LogP contribution in [0.2, 0.25) is 0 Å². The van der Waals surface area contributed by atoms with Crippen molar-refractivity contribution in [2.75, 3.05) is 7.11 Å². The largest absolute Gasteiger partial charge is 1.00 e. The molecule has 0 heterocycles. The van der Waals surface area contributed by atoms with Crippen molar-refractivity contribution in [1.82, 2.24) is 0 Å². The van der Waals surface area contributed by atoms with E-state index in [1.807, 2.05) is 18.2 Å². The molecule has 0 N–H and O–H groups in total. The fraction of sp³-hybridized carbons (Fsp3) is 0.273. The average molecular weight is 246 g/mol. The number of methoxy groups -OCH3 is 1. The molecule has 0 aromatic heterocycles. The zero-order valence-electron chi connectivity index (χ0n) is 9.36. The van der Waals surface area contributed by atoms with Crippen molar-refractivity contribution >= 4 is 17.2 Å². The smallest absolute Gasteiger partial charge is 0.769 e. The van der Waals surface area contributed by atoms with Crippen molar-refractivity contribution in [3.63, 3.8) is 0 Å². The van der Waals surface area contributed by atoms with Crippen LogP contribution in [0.25, 0.3) is 6.08 Å². The predicted octanol–water partition coefficient (Wildman–Crippen LogP) is -1.13. The van der Waals surface area contributed by atoms with Gasteiger partial charge in [0, 0.05) is 4.91 Å². The van der Waals surface area contributed by atoms with Gasteiger partial charge in [-0.25, -0.2) is 0 Å². The summed E-state index contributed by atoms with van der Waals surface area (Å²) in [4.78, 5) is 0.468. The van der Waals surface area contributed by atoms with Gasteiger partial charge in [-0.15, -0.1) is 0 Å². The molecule has 0 amide bonds. The van der Waals surface area contributed by atoms with Crippen LogP contribution in [0.1, 0.15) is 17.5 Å². The minimum absolute atomic E-state index is 0. The van der Waals surface area contributed by atoms with Crippen LogP contribution in [0.5, 0.6) is 5.75 Å². The van der Waals surface area contributed by atoms with Crippen molar-refractivity contribution in [3.8, 4) is 5.75 Å². The minimum Gasteiger partial charge on any atom is -0.769 e. The van der Waals surface area contributed by atoms with E-state index in [4.69, 9.17) is 4.74 Å². The fourth-order valence-corrected chi connectivity index (χ4v) is 2.19. The van der Waals surface area contributed by atoms with Gasteiger partial charge in [-0.3, -0.25) is 4.21 Å². The molecule has 1 unspecified atom stereocenters. The zero-order valence-corrected chi connectivity index (χ0v) is 12.2. The van der Waals surface area contributed by atoms with Crippen LogP contribution in [-0.2, 0) is 17.5 Å². The third-order valence-corrected chi connectivity index (χ3v) is 3.27. The van der Waals surface area contributed by atoms with Crippen molar-refractivity contribution in [1.29, 1.82) is 0 Å². The number of ether oxygens (including phenoxy) is 1. The Kier molecular flexibility index (Phi) is 5.21. The maximum Gasteiger partial charge on any atom is 1.00 e. The van der Waals surface area contributed by atoms with Crippen molar-refractivity contribution in [2.45, 2.75) is 12.8 Å². The first kappa shape index (κ1) is 13.9. The van der Waals surface area contributed by atoms with Crippen LogP contribution in [-0.4, -0.2) is 15.9 Å². The van der Waals surface area contributed by atoms with Crippen molar-refractivity contribution in [2.24, 2.45) is 0 Å². The van der Waals surface area contributed by atoms with E-state index in [2.05, 4.69) is 0 Å². The van der Waals surface area contributed by atoms with E-state index in [0.717, 1.165) is 17.7 Å². The van der Waals surface area contributed by atoms with Crippen LogP contribution < -0.4 is 34.3 Å². The average Bonchev–Trinajstić information content (AvgIpc) is 2.27. The molecule has 0 saturated carbocycles. The van der Waals surface area contributed by atoms with E-state index in [0.29, 0.717) is 11.3 Å². The third-order valence-electron chi connectivity index (χ3n) is 2.52. The normalized spacial score (nSPS) is 15.5. The van der Waals surface area contributed by atoms with Gasteiger partial charge in [0.1, 0.15) is 5.75 Å². The van der Waals surface area contributed by atoms with Crippen LogP contribution >= 0.6 is 0 Å². The molecule has 16 heavy (non-hydrogen) atoms. The molecule has 1 aromatic rings. The summed E-state index contributed by atoms with van der Waals surface area (Å²) in [6, 6.07) is 5.74. The SMILES string of the molecule is COc1ccc2c(c1)C=C(S(=O)[O-])CC2.[Na+]. The second kappa shape index (κ2) is 5.98. The van der Waals surface area contributed by atoms with E-state index in [-0.39, 0.29) is 29.6 Å². The quantitative estimate of drug-likeness (QED) is 0.490. The molecule has 0 fully saturated rings. The van der Waals surface area contributed by atoms with E-state index >= 15 is 0 Å². The summed E-state index contributed by atoms with van der Waals surface area (Å²) in [6.45, 7) is 0. The number of hydrogen-bond donors (Lipinski definition) is 0. The third kappa shape index (κ3) is 2.96. The monoisotopic (exact) mass is 246 g/mol. The topological polar surface area (TPSA) is 49.4 Å². The Hall–Kier alpha value is -0.130. The summed E-state index contributed by atoms with van der Waals surface area (Å²) in [5, 5.41) is 0. The molecule has 0 saturated heterocycles. The van der Waals surface area contributed by atoms with Gasteiger partial charge in [0.15, 0.2) is 0 Å². The Morgan fingerprint density at radius 3 is 2.75 bits per heavy atom. The molecule has 0 radical (unpaired) electrons. The van der Waals surface area contributed by atoms with Crippen molar-refractivity contribution in [3.05, 3.63) is 34.2 Å². The molecule has 1 aromatic carbocycles. The Balaban J connectivity index is 0.00000128. The molecule has 3 nitrogen and oxygen atoms in total. The van der Waals surface area contributed by atoms with Gasteiger partial charge < -0.3 is 9.29 Å². The standard InChI is InChI=1S/C11H12O3S.Na/c1-14-10-4-2-8-3-5-11(15(12)13)7-9(8)6-10;/h2,4,6-7H,3,5H2,1H3,(H,12,13);/q;+1/p-1. The maximum atomic E-state index is 10.8. The molecule has 80 valence electrons. The van der Waals surface area contributed by atoms with Gasteiger partial charge in [-0.2, -0.15) is 0 Å². The number of aryl methyl sites for hydroxylation is 1. The number of allylic oxidation sites excluding steroid dienone is 1. The van der Waals surface area contributed by atoms with Gasteiger partial charge in [-0.05, 0) is 53.3 Å². The number of fused-ring (bicyclic) bond motifs is 1. The first-order valence-corrected chi connectivity index (χ1v) is 5.75. The molecule has 0 bridgehead atoms. The first-order valence-electron chi connectivity index (χ1n) is 4.67. The number of rotatable bonds is 2. The first-order chi connectivity index (χ1) is 7.20. The minimum atomic E-state index is -2.10. The Bertz CT molecular complexity index is 443. The molecule has 1 aliphatic rings. The molecule has 1 atom stereocenters. The second-order valence-electron chi connectivity index (χ2n) is 3.41. The summed E-state index contributed by atoms with van der Waals surface area (Å²) in [5.74, 6) is 0.753. The summed E-state index contributed by atoms with van der Waals surface area (Å²) in [6.07, 6.45) is 3.08. The number of hydrogen-bond acceptors (Lipinski definition) is 3. The van der Waals surface area contributed by atoms with Gasteiger partial charge in [0.25, 0.3) is 0 Å². The molecule has 0 spiro atoms. The molecule has 5 heteroatoms. The maximum absolute atomic E-state index is 10.8. The molecular formula is C11H11NaO3S. The van der Waals surface area contributed by atoms with Crippen molar-refractivity contribution < 1.29 is 43.1 Å². The fourth-order valence-electron chi connectivity index (χ4n) is 1.70. The Morgan fingerprint density at radius 2 is 2.12 bits per heavy atom. The Morgan fingerprint density at radius 1 is 1.38 bits per heavy atom. The van der Waals surface area contributed by atoms with Gasteiger partial charge in [-0.1, -0.05) is 6.07 Å². The van der Waals surface area contributed by atoms with E-state index in [1.54, 1.807) is 13.2 Å². The Labute approximate surface area is 119 Å². The molecular weight excluding hydrogens is 235 g/mol. The second-order valence-corrected chi connectivity index (χ2v) is 4.40. The molecule has 1 aliphatic carbocycles. The number of benzene rings is 1. The van der Waals surface area contributed by atoms with Gasteiger partial charge in [0.2, 0.25) is 0 Å². The molecule has 2 rings (SSSR count). The van der Waals surface area contributed by atoms with Crippen LogP contribution in [0.4, 0.5) is 0 Å². The van der Waals surface area contributed by atoms with Gasteiger partial charge >= 0.3 is 29.6 Å². The van der Waals surface area contributed by atoms with E-state index < -0.39 is 11.1 Å². The van der Waals surface area contributed by atoms with Crippen LogP contribution in [0.3, 0.4) is 0 Å². The zero-order chi connectivity index (χ0) is 10.8. The predicted molar refractivity (Wildman–Crippen MR) is 58.2 cm³/mol. The van der Waals surface area contributed by atoms with E-state index in [9.17, 15) is 8.76 Å². The molecule has 0 aliphatic heterocycles.